The molecule has 3 aliphatic heterocycles. The van der Waals surface area contributed by atoms with Crippen LogP contribution < -0.4 is 4.74 Å². The fourth-order valence-electron chi connectivity index (χ4n) is 4.88. The maximum Gasteiger partial charge on any atom is 0.254 e. The Morgan fingerprint density at radius 2 is 2.07 bits per heavy atom. The first-order valence-electron chi connectivity index (χ1n) is 10.5. The molecule has 27 heavy (non-hydrogen) atoms. The molecule has 1 spiro atoms. The summed E-state index contributed by atoms with van der Waals surface area (Å²) in [5, 5.41) is 0. The summed E-state index contributed by atoms with van der Waals surface area (Å²) in [6.45, 7) is 8.76. The summed E-state index contributed by atoms with van der Waals surface area (Å²) in [7, 11) is 0. The summed E-state index contributed by atoms with van der Waals surface area (Å²) in [4.78, 5) is 17.7. The number of hydrogen-bond acceptors (Lipinski definition) is 4. The van der Waals surface area contributed by atoms with E-state index in [9.17, 15) is 4.79 Å². The zero-order chi connectivity index (χ0) is 18.9. The summed E-state index contributed by atoms with van der Waals surface area (Å²) in [6, 6.07) is 8.18. The van der Waals surface area contributed by atoms with Gasteiger partial charge in [0.2, 0.25) is 0 Å². The molecule has 3 heterocycles. The van der Waals surface area contributed by atoms with E-state index in [0.29, 0.717) is 18.2 Å². The van der Waals surface area contributed by atoms with Crippen LogP contribution in [0.5, 0.6) is 5.75 Å². The molecule has 0 aliphatic carbocycles. The Bertz CT molecular complexity index is 671. The highest BCUT2D eigenvalue weighted by Crippen LogP contribution is 2.37. The second-order valence-corrected chi connectivity index (χ2v) is 8.59. The Kier molecular flexibility index (Phi) is 5.42. The minimum absolute atomic E-state index is 0.0907. The lowest BCUT2D eigenvalue weighted by Gasteiger charge is -2.41. The van der Waals surface area contributed by atoms with Crippen molar-refractivity contribution in [3.05, 3.63) is 29.8 Å². The Hall–Kier alpha value is -1.59. The minimum atomic E-state index is -0.146. The van der Waals surface area contributed by atoms with Gasteiger partial charge in [0.15, 0.2) is 0 Å². The molecule has 0 unspecified atom stereocenters. The van der Waals surface area contributed by atoms with Crippen molar-refractivity contribution in [2.24, 2.45) is 0 Å². The van der Waals surface area contributed by atoms with E-state index in [2.05, 4.69) is 4.90 Å². The molecule has 4 rings (SSSR count). The van der Waals surface area contributed by atoms with Gasteiger partial charge in [-0.1, -0.05) is 6.07 Å². The fourth-order valence-corrected chi connectivity index (χ4v) is 4.88. The van der Waals surface area contributed by atoms with Crippen LogP contribution in [0.4, 0.5) is 0 Å². The van der Waals surface area contributed by atoms with Gasteiger partial charge in [-0.2, -0.15) is 0 Å². The van der Waals surface area contributed by atoms with Crippen molar-refractivity contribution in [3.8, 4) is 5.75 Å². The lowest BCUT2D eigenvalue weighted by Crippen LogP contribution is -2.49. The summed E-state index contributed by atoms with van der Waals surface area (Å²) in [6.07, 6.45) is 5.89. The largest absolute Gasteiger partial charge is 0.491 e. The zero-order valence-electron chi connectivity index (χ0n) is 16.7. The molecule has 0 aromatic heterocycles. The van der Waals surface area contributed by atoms with Crippen molar-refractivity contribution in [2.75, 3.05) is 32.8 Å². The van der Waals surface area contributed by atoms with E-state index in [-0.39, 0.29) is 17.6 Å². The number of nitrogens with zero attached hydrogens (tertiary/aromatic N) is 2. The van der Waals surface area contributed by atoms with Gasteiger partial charge >= 0.3 is 0 Å². The third kappa shape index (κ3) is 4.14. The van der Waals surface area contributed by atoms with Crippen molar-refractivity contribution in [2.45, 2.75) is 63.7 Å². The van der Waals surface area contributed by atoms with E-state index in [1.807, 2.05) is 43.0 Å². The fraction of sp³-hybridized carbons (Fsp3) is 0.682. The summed E-state index contributed by atoms with van der Waals surface area (Å²) < 4.78 is 12.0. The van der Waals surface area contributed by atoms with Crippen LogP contribution in [0.25, 0.3) is 0 Å². The number of ether oxygens (including phenoxy) is 2. The van der Waals surface area contributed by atoms with Crippen LogP contribution in [0.15, 0.2) is 24.3 Å². The van der Waals surface area contributed by atoms with Crippen molar-refractivity contribution < 1.29 is 14.3 Å². The van der Waals surface area contributed by atoms with Crippen LogP contribution in [-0.4, -0.2) is 66.2 Å². The first-order valence-corrected chi connectivity index (χ1v) is 10.5. The highest BCUT2D eigenvalue weighted by atomic mass is 16.5. The first kappa shape index (κ1) is 18.8. The molecule has 1 aromatic carbocycles. The van der Waals surface area contributed by atoms with Gasteiger partial charge in [-0.15, -0.1) is 0 Å². The van der Waals surface area contributed by atoms with E-state index in [4.69, 9.17) is 9.47 Å². The molecule has 0 radical (unpaired) electrons. The number of amides is 1. The third-order valence-electron chi connectivity index (χ3n) is 6.18. The van der Waals surface area contributed by atoms with Crippen molar-refractivity contribution in [3.63, 3.8) is 0 Å². The van der Waals surface area contributed by atoms with Gasteiger partial charge in [-0.05, 0) is 77.2 Å². The quantitative estimate of drug-likeness (QED) is 0.813. The highest BCUT2D eigenvalue weighted by Gasteiger charge is 2.46. The molecule has 2 atom stereocenters. The SMILES string of the molecule is CC(C)Oc1cccc(C(=O)N2CC[C@@]3(C[C@H](N4CCCC4)CCO3)C2)c1. The number of benzene rings is 1. The Balaban J connectivity index is 1.42. The molecule has 1 aromatic rings. The van der Waals surface area contributed by atoms with Crippen LogP contribution in [-0.2, 0) is 4.74 Å². The molecule has 5 heteroatoms. The third-order valence-corrected chi connectivity index (χ3v) is 6.18. The van der Waals surface area contributed by atoms with E-state index in [1.165, 1.54) is 25.9 Å². The predicted molar refractivity (Wildman–Crippen MR) is 105 cm³/mol. The van der Waals surface area contributed by atoms with Crippen LogP contribution in [0.3, 0.4) is 0 Å². The maximum atomic E-state index is 13.1. The van der Waals surface area contributed by atoms with Crippen molar-refractivity contribution in [1.29, 1.82) is 0 Å². The Morgan fingerprint density at radius 3 is 2.85 bits per heavy atom. The summed E-state index contributed by atoms with van der Waals surface area (Å²) >= 11 is 0. The molecule has 3 fully saturated rings. The molecule has 3 saturated heterocycles. The van der Waals surface area contributed by atoms with E-state index < -0.39 is 0 Å². The van der Waals surface area contributed by atoms with Crippen molar-refractivity contribution in [1.82, 2.24) is 9.80 Å². The smallest absolute Gasteiger partial charge is 0.254 e. The lowest BCUT2D eigenvalue weighted by atomic mass is 9.89. The van der Waals surface area contributed by atoms with E-state index in [0.717, 1.165) is 38.2 Å². The van der Waals surface area contributed by atoms with Gasteiger partial charge < -0.3 is 19.3 Å². The number of rotatable bonds is 4. The number of carbonyl (C=O) groups is 1. The standard InChI is InChI=1S/C22H32N2O3/c1-17(2)27-20-7-5-6-18(14-20)21(25)24-12-9-22(16-24)15-19(8-13-26-22)23-10-3-4-11-23/h5-7,14,17,19H,3-4,8-13,15-16H2,1-2H3/t19-,22-/m1/s1. The molecule has 1 amide bonds. The molecular weight excluding hydrogens is 340 g/mol. The van der Waals surface area contributed by atoms with Crippen LogP contribution in [0, 0.1) is 0 Å². The molecular formula is C22H32N2O3. The highest BCUT2D eigenvalue weighted by molar-refractivity contribution is 5.94. The van der Waals surface area contributed by atoms with Gasteiger partial charge in [0.1, 0.15) is 5.75 Å². The summed E-state index contributed by atoms with van der Waals surface area (Å²) in [5.41, 5.74) is 0.560. The molecule has 148 valence electrons. The van der Waals surface area contributed by atoms with Crippen LogP contribution >= 0.6 is 0 Å². The molecule has 0 N–H and O–H groups in total. The van der Waals surface area contributed by atoms with Gasteiger partial charge in [-0.25, -0.2) is 0 Å². The Morgan fingerprint density at radius 1 is 1.26 bits per heavy atom. The second-order valence-electron chi connectivity index (χ2n) is 8.59. The predicted octanol–water partition coefficient (Wildman–Crippen LogP) is 3.33. The zero-order valence-corrected chi connectivity index (χ0v) is 16.7. The lowest BCUT2D eigenvalue weighted by molar-refractivity contribution is -0.0946. The normalized spacial score (nSPS) is 29.0. The minimum Gasteiger partial charge on any atom is -0.491 e. The van der Waals surface area contributed by atoms with Gasteiger partial charge in [0, 0.05) is 24.8 Å². The number of carbonyl (C=O) groups excluding carboxylic acids is 1. The first-order chi connectivity index (χ1) is 13.0. The monoisotopic (exact) mass is 372 g/mol. The Labute approximate surface area is 162 Å². The van der Waals surface area contributed by atoms with Gasteiger partial charge in [0.05, 0.1) is 18.2 Å². The molecule has 3 aliphatic rings. The van der Waals surface area contributed by atoms with Gasteiger partial charge in [-0.3, -0.25) is 4.79 Å². The topological polar surface area (TPSA) is 42.0 Å². The average Bonchev–Trinajstić information content (AvgIpc) is 3.32. The van der Waals surface area contributed by atoms with Crippen molar-refractivity contribution >= 4 is 5.91 Å². The average molecular weight is 373 g/mol. The van der Waals surface area contributed by atoms with E-state index >= 15 is 0 Å². The number of likely N-dealkylation sites (tertiary alicyclic amines) is 2. The molecule has 5 nitrogen and oxygen atoms in total. The number of hydrogen-bond donors (Lipinski definition) is 0. The summed E-state index contributed by atoms with van der Waals surface area (Å²) in [5.74, 6) is 0.848. The second kappa shape index (κ2) is 7.80. The van der Waals surface area contributed by atoms with Crippen LogP contribution in [0.2, 0.25) is 0 Å². The van der Waals surface area contributed by atoms with E-state index in [1.54, 1.807) is 0 Å². The molecule has 0 saturated carbocycles. The van der Waals surface area contributed by atoms with Crippen LogP contribution in [0.1, 0.15) is 56.3 Å². The van der Waals surface area contributed by atoms with Gasteiger partial charge in [0.25, 0.3) is 5.91 Å². The molecule has 0 bridgehead atoms. The maximum absolute atomic E-state index is 13.1.